The molecule has 0 spiro atoms. The van der Waals surface area contributed by atoms with Crippen LogP contribution in [0, 0.1) is 11.3 Å². The Balaban J connectivity index is 1.94. The van der Waals surface area contributed by atoms with E-state index in [1.807, 2.05) is 0 Å². The van der Waals surface area contributed by atoms with Gasteiger partial charge in [0.1, 0.15) is 0 Å². The van der Waals surface area contributed by atoms with Crippen molar-refractivity contribution in [1.82, 2.24) is 9.21 Å². The first-order chi connectivity index (χ1) is 11.7. The molecule has 1 fully saturated rings. The van der Waals surface area contributed by atoms with Crippen LogP contribution in [0.15, 0.2) is 29.2 Å². The molecule has 1 heterocycles. The summed E-state index contributed by atoms with van der Waals surface area (Å²) in [7, 11) is -3.78. The molecule has 5 nitrogen and oxygen atoms in total. The van der Waals surface area contributed by atoms with Crippen LogP contribution in [0.1, 0.15) is 24.8 Å². The fourth-order valence-electron chi connectivity index (χ4n) is 2.70. The summed E-state index contributed by atoms with van der Waals surface area (Å²) in [5, 5.41) is 8.50. The summed E-state index contributed by atoms with van der Waals surface area (Å²) in [6.45, 7) is 2.58. The van der Waals surface area contributed by atoms with Gasteiger partial charge in [-0.15, -0.1) is 0 Å². The van der Waals surface area contributed by atoms with E-state index in [0.717, 1.165) is 43.7 Å². The molecule has 1 aliphatic rings. The van der Waals surface area contributed by atoms with Gasteiger partial charge in [-0.25, -0.2) is 8.42 Å². The summed E-state index contributed by atoms with van der Waals surface area (Å²) >= 11 is 0. The van der Waals surface area contributed by atoms with E-state index in [2.05, 4.69) is 11.0 Å². The topological polar surface area (TPSA) is 64.4 Å². The monoisotopic (exact) mass is 375 g/mol. The first-order valence-electron chi connectivity index (χ1n) is 8.02. The third-order valence-electron chi connectivity index (χ3n) is 4.16. The van der Waals surface area contributed by atoms with Gasteiger partial charge in [-0.1, -0.05) is 0 Å². The molecule has 0 amide bonds. The number of nitriles is 1. The van der Waals surface area contributed by atoms with Crippen molar-refractivity contribution in [3.63, 3.8) is 0 Å². The summed E-state index contributed by atoms with van der Waals surface area (Å²) in [5.74, 6) is 0. The standard InChI is InChI=1S/C16H20F3N3O2S/c17-16(18,19)14-4-6-15(7-5-14)25(23,24)22-12-10-21(11-13-22)9-3-1-2-8-20/h4-7H,1-3,9-13H2. The molecule has 0 unspecified atom stereocenters. The van der Waals surface area contributed by atoms with Crippen LogP contribution in [0.4, 0.5) is 13.2 Å². The average molecular weight is 375 g/mol. The van der Waals surface area contributed by atoms with Crippen molar-refractivity contribution >= 4 is 10.0 Å². The van der Waals surface area contributed by atoms with Crippen molar-refractivity contribution in [2.24, 2.45) is 0 Å². The molecule has 0 aromatic heterocycles. The number of halogens is 3. The number of rotatable bonds is 6. The molecule has 0 aliphatic carbocycles. The molecular formula is C16H20F3N3O2S. The van der Waals surface area contributed by atoms with Crippen LogP contribution in [0.5, 0.6) is 0 Å². The van der Waals surface area contributed by atoms with Gasteiger partial charge in [0.15, 0.2) is 0 Å². The molecule has 1 aliphatic heterocycles. The average Bonchev–Trinajstić information content (AvgIpc) is 2.58. The summed E-state index contributed by atoms with van der Waals surface area (Å²) in [4.78, 5) is 2.01. The van der Waals surface area contributed by atoms with Gasteiger partial charge in [0.25, 0.3) is 0 Å². The highest BCUT2D eigenvalue weighted by molar-refractivity contribution is 7.89. The summed E-state index contributed by atoms with van der Waals surface area (Å²) in [6.07, 6.45) is -2.26. The van der Waals surface area contributed by atoms with Gasteiger partial charge in [0, 0.05) is 32.6 Å². The molecule has 0 atom stereocenters. The molecule has 0 bridgehead atoms. The lowest BCUT2D eigenvalue weighted by Crippen LogP contribution is -2.48. The molecule has 9 heteroatoms. The second-order valence-corrected chi connectivity index (χ2v) is 7.82. The molecule has 0 saturated carbocycles. The predicted octanol–water partition coefficient (Wildman–Crippen LogP) is 2.71. The minimum atomic E-state index is -4.49. The van der Waals surface area contributed by atoms with Crippen LogP contribution >= 0.6 is 0 Å². The maximum Gasteiger partial charge on any atom is 0.416 e. The van der Waals surface area contributed by atoms with Crippen molar-refractivity contribution in [1.29, 1.82) is 5.26 Å². The van der Waals surface area contributed by atoms with Crippen molar-refractivity contribution in [2.45, 2.75) is 30.3 Å². The molecule has 1 saturated heterocycles. The highest BCUT2D eigenvalue weighted by atomic mass is 32.2. The highest BCUT2D eigenvalue weighted by Gasteiger charge is 2.32. The third kappa shape index (κ3) is 5.17. The van der Waals surface area contributed by atoms with Crippen molar-refractivity contribution in [3.8, 4) is 6.07 Å². The molecule has 1 aromatic carbocycles. The highest BCUT2D eigenvalue weighted by Crippen LogP contribution is 2.30. The van der Waals surface area contributed by atoms with Crippen molar-refractivity contribution in [3.05, 3.63) is 29.8 Å². The number of hydrogen-bond acceptors (Lipinski definition) is 4. The van der Waals surface area contributed by atoms with E-state index in [1.54, 1.807) is 0 Å². The first-order valence-corrected chi connectivity index (χ1v) is 9.46. The van der Waals surface area contributed by atoms with Crippen molar-refractivity contribution < 1.29 is 21.6 Å². The second kappa shape index (κ2) is 8.17. The molecule has 25 heavy (non-hydrogen) atoms. The van der Waals surface area contributed by atoms with Gasteiger partial charge in [-0.05, 0) is 43.7 Å². The Labute approximate surface area is 145 Å². The molecule has 0 radical (unpaired) electrons. The van der Waals surface area contributed by atoms with Gasteiger partial charge >= 0.3 is 6.18 Å². The number of piperazine rings is 1. The molecule has 0 N–H and O–H groups in total. The lowest BCUT2D eigenvalue weighted by atomic mass is 10.2. The van der Waals surface area contributed by atoms with Gasteiger partial charge in [-0.2, -0.15) is 22.7 Å². The zero-order chi connectivity index (χ0) is 18.5. The van der Waals surface area contributed by atoms with Gasteiger partial charge < -0.3 is 4.90 Å². The SMILES string of the molecule is N#CCCCCN1CCN(S(=O)(=O)c2ccc(C(F)(F)F)cc2)CC1. The fourth-order valence-corrected chi connectivity index (χ4v) is 4.12. The van der Waals surface area contributed by atoms with Gasteiger partial charge in [-0.3, -0.25) is 0 Å². The number of hydrogen-bond donors (Lipinski definition) is 0. The van der Waals surface area contributed by atoms with Crippen LogP contribution in [0.3, 0.4) is 0 Å². The Morgan fingerprint density at radius 1 is 1.04 bits per heavy atom. The molecule has 2 rings (SSSR count). The van der Waals surface area contributed by atoms with Crippen LogP contribution < -0.4 is 0 Å². The van der Waals surface area contributed by atoms with E-state index < -0.39 is 21.8 Å². The summed E-state index contributed by atoms with van der Waals surface area (Å²) < 4.78 is 64.1. The predicted molar refractivity (Wildman–Crippen MR) is 86.1 cm³/mol. The van der Waals surface area contributed by atoms with E-state index in [1.165, 1.54) is 4.31 Å². The Morgan fingerprint density at radius 2 is 1.64 bits per heavy atom. The quantitative estimate of drug-likeness (QED) is 0.717. The van der Waals surface area contributed by atoms with E-state index in [0.29, 0.717) is 32.6 Å². The van der Waals surface area contributed by atoms with Crippen LogP contribution in [0.25, 0.3) is 0 Å². The Kier molecular flexibility index (Phi) is 6.43. The van der Waals surface area contributed by atoms with Gasteiger partial charge in [0.2, 0.25) is 10.0 Å². The molecule has 1 aromatic rings. The van der Waals surface area contributed by atoms with E-state index >= 15 is 0 Å². The van der Waals surface area contributed by atoms with Crippen LogP contribution in [-0.4, -0.2) is 50.3 Å². The zero-order valence-electron chi connectivity index (χ0n) is 13.7. The Hall–Kier alpha value is -1.63. The lowest BCUT2D eigenvalue weighted by molar-refractivity contribution is -0.137. The molecule has 138 valence electrons. The second-order valence-electron chi connectivity index (χ2n) is 5.88. The minimum Gasteiger partial charge on any atom is -0.301 e. The van der Waals surface area contributed by atoms with E-state index in [-0.39, 0.29) is 4.90 Å². The van der Waals surface area contributed by atoms with Crippen molar-refractivity contribution in [2.75, 3.05) is 32.7 Å². The van der Waals surface area contributed by atoms with E-state index in [4.69, 9.17) is 5.26 Å². The van der Waals surface area contributed by atoms with Crippen LogP contribution in [0.2, 0.25) is 0 Å². The number of unbranched alkanes of at least 4 members (excludes halogenated alkanes) is 2. The summed E-state index contributed by atoms with van der Waals surface area (Å²) in [5.41, 5.74) is -0.867. The normalized spacial score (nSPS) is 17.4. The van der Waals surface area contributed by atoms with E-state index in [9.17, 15) is 21.6 Å². The number of sulfonamides is 1. The lowest BCUT2D eigenvalue weighted by Gasteiger charge is -2.34. The first kappa shape index (κ1) is 19.7. The maximum absolute atomic E-state index is 12.6. The smallest absolute Gasteiger partial charge is 0.301 e. The Morgan fingerprint density at radius 3 is 2.16 bits per heavy atom. The zero-order valence-corrected chi connectivity index (χ0v) is 14.5. The van der Waals surface area contributed by atoms with Crippen LogP contribution in [-0.2, 0) is 16.2 Å². The maximum atomic E-state index is 12.6. The van der Waals surface area contributed by atoms with Gasteiger partial charge in [0.05, 0.1) is 16.5 Å². The fraction of sp³-hybridized carbons (Fsp3) is 0.562. The number of benzene rings is 1. The summed E-state index contributed by atoms with van der Waals surface area (Å²) in [6, 6.07) is 5.68. The Bertz CT molecular complexity index is 704. The number of nitrogens with zero attached hydrogens (tertiary/aromatic N) is 3. The number of alkyl halides is 3. The molecular weight excluding hydrogens is 355 g/mol. The third-order valence-corrected chi connectivity index (χ3v) is 6.08. The largest absolute Gasteiger partial charge is 0.416 e. The minimum absolute atomic E-state index is 0.122.